The van der Waals surface area contributed by atoms with Crippen molar-refractivity contribution in [3.63, 3.8) is 0 Å². The predicted octanol–water partition coefficient (Wildman–Crippen LogP) is 3.39. The van der Waals surface area contributed by atoms with Crippen molar-refractivity contribution in [1.29, 1.82) is 5.26 Å². The molecule has 0 spiro atoms. The summed E-state index contributed by atoms with van der Waals surface area (Å²) in [6, 6.07) is 23.4. The molecule has 1 amide bonds. The maximum absolute atomic E-state index is 13.3. The first kappa shape index (κ1) is 26.2. The molecular weight excluding hydrogens is 488 g/mol. The Bertz CT molecular complexity index is 1380. The Labute approximate surface area is 218 Å². The summed E-state index contributed by atoms with van der Waals surface area (Å²) in [6.45, 7) is 2.40. The van der Waals surface area contributed by atoms with E-state index in [9.17, 15) is 13.2 Å². The Morgan fingerprint density at radius 3 is 2.30 bits per heavy atom. The summed E-state index contributed by atoms with van der Waals surface area (Å²) in [7, 11) is -0.545. The number of anilines is 1. The van der Waals surface area contributed by atoms with Crippen LogP contribution in [0.1, 0.15) is 21.5 Å². The first-order chi connectivity index (χ1) is 17.8. The van der Waals surface area contributed by atoms with Gasteiger partial charge in [0, 0.05) is 45.3 Å². The molecule has 0 aromatic heterocycles. The van der Waals surface area contributed by atoms with E-state index in [4.69, 9.17) is 10.00 Å². The highest BCUT2D eigenvalue weighted by molar-refractivity contribution is 7.89. The number of hydrogen-bond donors (Lipinski definition) is 0. The van der Waals surface area contributed by atoms with Gasteiger partial charge in [-0.1, -0.05) is 30.3 Å². The van der Waals surface area contributed by atoms with Crippen molar-refractivity contribution in [2.45, 2.75) is 11.3 Å². The normalized spacial score (nSPS) is 13.9. The fourth-order valence-corrected chi connectivity index (χ4v) is 5.52. The van der Waals surface area contributed by atoms with Gasteiger partial charge in [-0.05, 0) is 54.4 Å². The number of amides is 1. The standard InChI is InChI=1S/C28H30N4O4S/c1-30(15-14-22-6-4-3-5-7-22)37(34,35)25-12-13-27(36-2)26(20-25)31-16-18-32(19-17-31)28(33)24-10-8-23(21-29)9-11-24/h3-13,20H,14-19H2,1-2H3. The third-order valence-electron chi connectivity index (χ3n) is 6.59. The number of benzene rings is 3. The Kier molecular flexibility index (Phi) is 8.11. The molecule has 0 saturated carbocycles. The molecule has 1 saturated heterocycles. The fourth-order valence-electron chi connectivity index (χ4n) is 4.33. The van der Waals surface area contributed by atoms with Crippen LogP contribution in [-0.2, 0) is 16.4 Å². The summed E-state index contributed by atoms with van der Waals surface area (Å²) in [5.74, 6) is 0.491. The smallest absolute Gasteiger partial charge is 0.253 e. The Morgan fingerprint density at radius 1 is 1.00 bits per heavy atom. The van der Waals surface area contributed by atoms with E-state index in [1.165, 1.54) is 4.31 Å². The number of nitrogens with zero attached hydrogens (tertiary/aromatic N) is 4. The van der Waals surface area contributed by atoms with Crippen molar-refractivity contribution < 1.29 is 17.9 Å². The van der Waals surface area contributed by atoms with Crippen LogP contribution < -0.4 is 9.64 Å². The van der Waals surface area contributed by atoms with E-state index in [2.05, 4.69) is 6.07 Å². The lowest BCUT2D eigenvalue weighted by atomic mass is 10.1. The van der Waals surface area contributed by atoms with Crippen molar-refractivity contribution in [1.82, 2.24) is 9.21 Å². The number of likely N-dealkylation sites (N-methyl/N-ethyl adjacent to an activating group) is 1. The zero-order valence-electron chi connectivity index (χ0n) is 21.0. The van der Waals surface area contributed by atoms with Crippen molar-refractivity contribution in [3.05, 3.63) is 89.5 Å². The van der Waals surface area contributed by atoms with Gasteiger partial charge in [0.15, 0.2) is 0 Å². The van der Waals surface area contributed by atoms with Gasteiger partial charge in [-0.25, -0.2) is 12.7 Å². The zero-order valence-corrected chi connectivity index (χ0v) is 21.8. The van der Waals surface area contributed by atoms with Gasteiger partial charge < -0.3 is 14.5 Å². The van der Waals surface area contributed by atoms with Crippen LogP contribution in [-0.4, -0.2) is 70.4 Å². The highest BCUT2D eigenvalue weighted by Gasteiger charge is 2.27. The average molecular weight is 519 g/mol. The number of sulfonamides is 1. The van der Waals surface area contributed by atoms with Crippen molar-refractivity contribution >= 4 is 21.6 Å². The Hall–Kier alpha value is -3.87. The van der Waals surface area contributed by atoms with E-state index >= 15 is 0 Å². The first-order valence-electron chi connectivity index (χ1n) is 12.1. The summed E-state index contributed by atoms with van der Waals surface area (Å²) < 4.78 is 33.6. The molecule has 3 aromatic rings. The van der Waals surface area contributed by atoms with Crippen molar-refractivity contribution in [3.8, 4) is 11.8 Å². The Balaban J connectivity index is 1.46. The van der Waals surface area contributed by atoms with Gasteiger partial charge in [0.05, 0.1) is 29.3 Å². The van der Waals surface area contributed by atoms with E-state index in [0.29, 0.717) is 61.7 Å². The lowest BCUT2D eigenvalue weighted by Crippen LogP contribution is -2.49. The molecule has 0 aliphatic carbocycles. The summed E-state index contributed by atoms with van der Waals surface area (Å²) >= 11 is 0. The summed E-state index contributed by atoms with van der Waals surface area (Å²) in [6.07, 6.45) is 0.620. The van der Waals surface area contributed by atoms with Gasteiger partial charge >= 0.3 is 0 Å². The van der Waals surface area contributed by atoms with E-state index < -0.39 is 10.0 Å². The minimum atomic E-state index is -3.70. The molecule has 1 aliphatic heterocycles. The Morgan fingerprint density at radius 2 is 1.68 bits per heavy atom. The number of nitriles is 1. The van der Waals surface area contributed by atoms with Crippen molar-refractivity contribution in [2.24, 2.45) is 0 Å². The molecule has 37 heavy (non-hydrogen) atoms. The van der Waals surface area contributed by atoms with Crippen LogP contribution >= 0.6 is 0 Å². The summed E-state index contributed by atoms with van der Waals surface area (Å²) in [5, 5.41) is 8.97. The minimum Gasteiger partial charge on any atom is -0.495 e. The van der Waals surface area contributed by atoms with E-state index in [1.54, 1.807) is 61.5 Å². The zero-order chi connectivity index (χ0) is 26.4. The molecule has 9 heteroatoms. The molecule has 4 rings (SSSR count). The molecule has 0 atom stereocenters. The molecule has 3 aromatic carbocycles. The van der Waals surface area contributed by atoms with Gasteiger partial charge in [-0.3, -0.25) is 4.79 Å². The second-order valence-corrected chi connectivity index (χ2v) is 10.9. The number of piperazine rings is 1. The monoisotopic (exact) mass is 518 g/mol. The highest BCUT2D eigenvalue weighted by atomic mass is 32.2. The van der Waals surface area contributed by atoms with Gasteiger partial charge in [0.1, 0.15) is 5.75 Å². The predicted molar refractivity (Wildman–Crippen MR) is 142 cm³/mol. The second kappa shape index (κ2) is 11.5. The first-order valence-corrected chi connectivity index (χ1v) is 13.5. The number of carbonyl (C=O) groups is 1. The molecule has 192 valence electrons. The fraction of sp³-hybridized carbons (Fsp3) is 0.286. The molecule has 0 unspecified atom stereocenters. The third-order valence-corrected chi connectivity index (χ3v) is 8.44. The van der Waals surface area contributed by atoms with E-state index in [-0.39, 0.29) is 10.8 Å². The third kappa shape index (κ3) is 5.93. The summed E-state index contributed by atoms with van der Waals surface area (Å²) in [4.78, 5) is 16.9. The maximum atomic E-state index is 13.3. The van der Waals surface area contributed by atoms with Gasteiger partial charge in [-0.2, -0.15) is 5.26 Å². The number of carbonyl (C=O) groups excluding carboxylic acids is 1. The molecule has 8 nitrogen and oxygen atoms in total. The molecule has 1 fully saturated rings. The van der Waals surface area contributed by atoms with Crippen LogP contribution in [0.15, 0.2) is 77.7 Å². The number of methoxy groups -OCH3 is 1. The van der Waals surface area contributed by atoms with Crippen LogP contribution in [0.2, 0.25) is 0 Å². The van der Waals surface area contributed by atoms with Gasteiger partial charge in [0.25, 0.3) is 5.91 Å². The molecule has 0 N–H and O–H groups in total. The molecule has 1 heterocycles. The molecule has 0 bridgehead atoms. The van der Waals surface area contributed by atoms with E-state index in [1.807, 2.05) is 35.2 Å². The van der Waals surface area contributed by atoms with Crippen LogP contribution in [0.25, 0.3) is 0 Å². The van der Waals surface area contributed by atoms with Crippen LogP contribution in [0.5, 0.6) is 5.75 Å². The van der Waals surface area contributed by atoms with Gasteiger partial charge in [0.2, 0.25) is 10.0 Å². The maximum Gasteiger partial charge on any atom is 0.253 e. The summed E-state index contributed by atoms with van der Waals surface area (Å²) in [5.41, 5.74) is 2.81. The lowest BCUT2D eigenvalue weighted by molar-refractivity contribution is 0.0746. The largest absolute Gasteiger partial charge is 0.495 e. The number of hydrogen-bond acceptors (Lipinski definition) is 6. The molecule has 1 aliphatic rings. The van der Waals surface area contributed by atoms with Gasteiger partial charge in [-0.15, -0.1) is 0 Å². The molecular formula is C28H30N4O4S. The highest BCUT2D eigenvalue weighted by Crippen LogP contribution is 2.32. The van der Waals surface area contributed by atoms with E-state index in [0.717, 1.165) is 5.56 Å². The topological polar surface area (TPSA) is 94.0 Å². The van der Waals surface area contributed by atoms with Crippen LogP contribution in [0.3, 0.4) is 0 Å². The quantitative estimate of drug-likeness (QED) is 0.454. The average Bonchev–Trinajstić information content (AvgIpc) is 2.95. The molecule has 0 radical (unpaired) electrons. The second-order valence-electron chi connectivity index (χ2n) is 8.86. The number of ether oxygens (including phenoxy) is 1. The number of rotatable bonds is 8. The van der Waals surface area contributed by atoms with Crippen LogP contribution in [0.4, 0.5) is 5.69 Å². The van der Waals surface area contributed by atoms with Crippen molar-refractivity contribution in [2.75, 3.05) is 51.8 Å². The van der Waals surface area contributed by atoms with Crippen LogP contribution in [0, 0.1) is 11.3 Å². The lowest BCUT2D eigenvalue weighted by Gasteiger charge is -2.37. The SMILES string of the molecule is COc1ccc(S(=O)(=O)N(C)CCc2ccccc2)cc1N1CCN(C(=O)c2ccc(C#N)cc2)CC1. The minimum absolute atomic E-state index is 0.0903.